The molecular weight excluding hydrogens is 220 g/mol. The number of rotatable bonds is 1. The maximum atomic E-state index is 12.1. The Hall–Kier alpha value is -0.810. The van der Waals surface area contributed by atoms with E-state index in [1.165, 1.54) is 0 Å². The van der Waals surface area contributed by atoms with E-state index in [-0.39, 0.29) is 30.8 Å². The molecule has 5 heteroatoms. The number of carbonyl (C=O) groups is 1. The number of carbonyl (C=O) groups excluding carboxylic acids is 1. The molecule has 0 unspecified atom stereocenters. The number of nitrogens with zero attached hydrogens (tertiary/aromatic N) is 1. The van der Waals surface area contributed by atoms with Gasteiger partial charge in [0.05, 0.1) is 12.6 Å². The van der Waals surface area contributed by atoms with Gasteiger partial charge in [0, 0.05) is 12.1 Å². The standard InChI is InChI=1S/C12H22N2O3/c1-12(2,3)17-11(16)14-8-5-4-7(8)10(13)9(14)6-15/h7-10,15H,4-6,13H2,1-3H3/t7-,8+,9-,10-/m0/s1. The van der Waals surface area contributed by atoms with Crippen molar-refractivity contribution in [3.8, 4) is 0 Å². The van der Waals surface area contributed by atoms with Gasteiger partial charge in [0.1, 0.15) is 5.60 Å². The van der Waals surface area contributed by atoms with Gasteiger partial charge in [-0.05, 0) is 39.5 Å². The molecule has 1 heterocycles. The fourth-order valence-corrected chi connectivity index (χ4v) is 2.81. The van der Waals surface area contributed by atoms with Crippen molar-refractivity contribution in [3.05, 3.63) is 0 Å². The zero-order valence-corrected chi connectivity index (χ0v) is 10.7. The molecule has 0 radical (unpaired) electrons. The third-order valence-corrected chi connectivity index (χ3v) is 3.73. The molecule has 0 spiro atoms. The number of likely N-dealkylation sites (tertiary alicyclic amines) is 1. The summed E-state index contributed by atoms with van der Waals surface area (Å²) in [5, 5.41) is 9.39. The summed E-state index contributed by atoms with van der Waals surface area (Å²) in [6.07, 6.45) is 1.66. The van der Waals surface area contributed by atoms with E-state index in [1.807, 2.05) is 20.8 Å². The summed E-state index contributed by atoms with van der Waals surface area (Å²) in [7, 11) is 0. The highest BCUT2D eigenvalue weighted by Crippen LogP contribution is 2.43. The lowest BCUT2D eigenvalue weighted by Gasteiger charge is -2.37. The molecular formula is C12H22N2O3. The van der Waals surface area contributed by atoms with Crippen molar-refractivity contribution in [1.29, 1.82) is 0 Å². The van der Waals surface area contributed by atoms with Crippen LogP contribution in [-0.4, -0.2) is 46.4 Å². The number of hydrogen-bond acceptors (Lipinski definition) is 4. The zero-order valence-electron chi connectivity index (χ0n) is 10.7. The second-order valence-corrected chi connectivity index (χ2v) is 6.02. The summed E-state index contributed by atoms with van der Waals surface area (Å²) < 4.78 is 5.38. The Morgan fingerprint density at radius 2 is 2.12 bits per heavy atom. The fourth-order valence-electron chi connectivity index (χ4n) is 2.81. The van der Waals surface area contributed by atoms with Crippen molar-refractivity contribution in [2.75, 3.05) is 6.61 Å². The lowest BCUT2D eigenvalue weighted by molar-refractivity contribution is 0.000443. The Bertz CT molecular complexity index is 313. The monoisotopic (exact) mass is 242 g/mol. The van der Waals surface area contributed by atoms with Crippen molar-refractivity contribution in [1.82, 2.24) is 4.90 Å². The van der Waals surface area contributed by atoms with Crippen LogP contribution >= 0.6 is 0 Å². The maximum Gasteiger partial charge on any atom is 0.410 e. The van der Waals surface area contributed by atoms with Gasteiger partial charge in [-0.3, -0.25) is 4.90 Å². The predicted octanol–water partition coefficient (Wildman–Crippen LogP) is 0.704. The molecule has 1 aliphatic heterocycles. The van der Waals surface area contributed by atoms with Gasteiger partial charge in [-0.25, -0.2) is 4.79 Å². The SMILES string of the molecule is CC(C)(C)OC(=O)N1[C@@H]2CC[C@@H]2[C@H](N)[C@@H]1CO. The number of aliphatic hydroxyl groups excluding tert-OH is 1. The summed E-state index contributed by atoms with van der Waals surface area (Å²) in [6.45, 7) is 5.43. The van der Waals surface area contributed by atoms with Crippen molar-refractivity contribution in [2.45, 2.75) is 57.3 Å². The second kappa shape index (κ2) is 4.14. The lowest BCUT2D eigenvalue weighted by atomic mass is 9.77. The molecule has 5 nitrogen and oxygen atoms in total. The highest BCUT2D eigenvalue weighted by atomic mass is 16.6. The highest BCUT2D eigenvalue weighted by Gasteiger charge is 2.54. The summed E-state index contributed by atoms with van der Waals surface area (Å²) in [5.74, 6) is 0.333. The van der Waals surface area contributed by atoms with Crippen molar-refractivity contribution >= 4 is 6.09 Å². The number of aliphatic hydroxyl groups is 1. The van der Waals surface area contributed by atoms with Crippen molar-refractivity contribution in [2.24, 2.45) is 11.7 Å². The van der Waals surface area contributed by atoms with Crippen LogP contribution in [0.3, 0.4) is 0 Å². The average molecular weight is 242 g/mol. The summed E-state index contributed by atoms with van der Waals surface area (Å²) >= 11 is 0. The molecule has 2 fully saturated rings. The van der Waals surface area contributed by atoms with Gasteiger partial charge in [-0.15, -0.1) is 0 Å². The molecule has 17 heavy (non-hydrogen) atoms. The minimum Gasteiger partial charge on any atom is -0.444 e. The van der Waals surface area contributed by atoms with Crippen LogP contribution in [0.5, 0.6) is 0 Å². The normalized spacial score (nSPS) is 36.4. The van der Waals surface area contributed by atoms with E-state index in [4.69, 9.17) is 10.5 Å². The molecule has 0 aromatic carbocycles. The quantitative estimate of drug-likeness (QED) is 0.710. The van der Waals surface area contributed by atoms with Crippen LogP contribution in [0.15, 0.2) is 0 Å². The molecule has 2 rings (SSSR count). The van der Waals surface area contributed by atoms with E-state index in [0.29, 0.717) is 5.92 Å². The summed E-state index contributed by atoms with van der Waals surface area (Å²) in [5.41, 5.74) is 5.55. The third-order valence-electron chi connectivity index (χ3n) is 3.73. The van der Waals surface area contributed by atoms with Crippen LogP contribution in [0.25, 0.3) is 0 Å². The van der Waals surface area contributed by atoms with Gasteiger partial charge >= 0.3 is 6.09 Å². The first kappa shape index (κ1) is 12.6. The van der Waals surface area contributed by atoms with E-state index in [1.54, 1.807) is 4.90 Å². The zero-order chi connectivity index (χ0) is 12.8. The largest absolute Gasteiger partial charge is 0.444 e. The van der Waals surface area contributed by atoms with E-state index < -0.39 is 5.60 Å². The van der Waals surface area contributed by atoms with E-state index in [0.717, 1.165) is 12.8 Å². The Kier molecular flexibility index (Phi) is 3.08. The van der Waals surface area contributed by atoms with Crippen LogP contribution in [0, 0.1) is 5.92 Å². The van der Waals surface area contributed by atoms with Gasteiger partial charge in [-0.1, -0.05) is 0 Å². The van der Waals surface area contributed by atoms with Gasteiger partial charge in [0.25, 0.3) is 0 Å². The van der Waals surface area contributed by atoms with E-state index in [2.05, 4.69) is 0 Å². The molecule has 1 saturated carbocycles. The summed E-state index contributed by atoms with van der Waals surface area (Å²) in [6, 6.07) is -0.245. The third kappa shape index (κ3) is 2.13. The second-order valence-electron chi connectivity index (χ2n) is 6.02. The van der Waals surface area contributed by atoms with Crippen LogP contribution in [0.4, 0.5) is 4.79 Å². The smallest absolute Gasteiger partial charge is 0.410 e. The van der Waals surface area contributed by atoms with Crippen LogP contribution < -0.4 is 5.73 Å². The molecule has 4 atom stereocenters. The fraction of sp³-hybridized carbons (Fsp3) is 0.917. The van der Waals surface area contributed by atoms with Gasteiger partial charge in [0.2, 0.25) is 0 Å². The predicted molar refractivity (Wildman–Crippen MR) is 63.4 cm³/mol. The van der Waals surface area contributed by atoms with Gasteiger partial charge < -0.3 is 15.6 Å². The lowest BCUT2D eigenvalue weighted by Crippen LogP contribution is -2.49. The molecule has 0 aromatic heterocycles. The van der Waals surface area contributed by atoms with Gasteiger partial charge in [0.15, 0.2) is 0 Å². The average Bonchev–Trinajstić information content (AvgIpc) is 2.30. The minimum absolute atomic E-state index is 0.0899. The first-order chi connectivity index (χ1) is 7.85. The van der Waals surface area contributed by atoms with Gasteiger partial charge in [-0.2, -0.15) is 0 Å². The Labute approximate surface area is 102 Å². The molecule has 2 aliphatic rings. The molecule has 0 bridgehead atoms. The first-order valence-electron chi connectivity index (χ1n) is 6.23. The topological polar surface area (TPSA) is 75.8 Å². The maximum absolute atomic E-state index is 12.1. The Morgan fingerprint density at radius 1 is 1.47 bits per heavy atom. The van der Waals surface area contributed by atoms with Crippen LogP contribution in [0.2, 0.25) is 0 Å². The van der Waals surface area contributed by atoms with Crippen molar-refractivity contribution < 1.29 is 14.6 Å². The molecule has 0 aromatic rings. The number of amides is 1. The highest BCUT2D eigenvalue weighted by molar-refractivity contribution is 5.70. The van der Waals surface area contributed by atoms with Crippen LogP contribution in [-0.2, 0) is 4.74 Å². The van der Waals surface area contributed by atoms with E-state index in [9.17, 15) is 9.90 Å². The first-order valence-corrected chi connectivity index (χ1v) is 6.23. The minimum atomic E-state index is -0.511. The van der Waals surface area contributed by atoms with Crippen LogP contribution in [0.1, 0.15) is 33.6 Å². The number of nitrogens with two attached hydrogens (primary N) is 1. The number of fused-ring (bicyclic) bond motifs is 1. The molecule has 98 valence electrons. The molecule has 3 N–H and O–H groups in total. The van der Waals surface area contributed by atoms with Crippen molar-refractivity contribution in [3.63, 3.8) is 0 Å². The van der Waals surface area contributed by atoms with E-state index >= 15 is 0 Å². The number of hydrogen-bond donors (Lipinski definition) is 2. The molecule has 1 aliphatic carbocycles. The molecule has 1 amide bonds. The summed E-state index contributed by atoms with van der Waals surface area (Å²) in [4.78, 5) is 13.8. The Morgan fingerprint density at radius 3 is 2.53 bits per heavy atom. The molecule has 1 saturated heterocycles. The number of ether oxygens (including phenoxy) is 1. The Balaban J connectivity index is 2.11.